The Balaban J connectivity index is 1.98. The van der Waals surface area contributed by atoms with Crippen LogP contribution in [0.3, 0.4) is 0 Å². The van der Waals surface area contributed by atoms with Crippen molar-refractivity contribution in [2.45, 2.75) is 27.2 Å². The number of benzene rings is 1. The number of hydrogen-bond donors (Lipinski definition) is 1. The molecule has 1 aromatic carbocycles. The Morgan fingerprint density at radius 3 is 2.29 bits per heavy atom. The van der Waals surface area contributed by atoms with Crippen LogP contribution in [0.25, 0.3) is 0 Å². The molecule has 0 bridgehead atoms. The number of amides is 1. The van der Waals surface area contributed by atoms with Gasteiger partial charge in [0, 0.05) is 13.1 Å². The molecule has 4 heteroatoms. The molecule has 0 radical (unpaired) electrons. The van der Waals surface area contributed by atoms with Crippen molar-refractivity contribution in [1.82, 2.24) is 4.90 Å². The van der Waals surface area contributed by atoms with Gasteiger partial charge in [0.05, 0.1) is 11.8 Å². The van der Waals surface area contributed by atoms with Gasteiger partial charge < -0.3 is 10.0 Å². The van der Waals surface area contributed by atoms with Crippen LogP contribution in [0.1, 0.15) is 26.3 Å². The molecule has 0 aromatic heterocycles. The van der Waals surface area contributed by atoms with Gasteiger partial charge >= 0.3 is 5.97 Å². The zero-order valence-electron chi connectivity index (χ0n) is 12.9. The first-order valence-corrected chi connectivity index (χ1v) is 7.45. The van der Waals surface area contributed by atoms with Gasteiger partial charge in [-0.2, -0.15) is 0 Å². The van der Waals surface area contributed by atoms with Crippen LogP contribution >= 0.6 is 0 Å². The highest BCUT2D eigenvalue weighted by atomic mass is 16.4. The van der Waals surface area contributed by atoms with Gasteiger partial charge in [-0.1, -0.05) is 44.2 Å². The first-order chi connectivity index (χ1) is 9.89. The fourth-order valence-corrected chi connectivity index (χ4v) is 3.09. The summed E-state index contributed by atoms with van der Waals surface area (Å²) in [4.78, 5) is 25.5. The van der Waals surface area contributed by atoms with Crippen LogP contribution in [0.2, 0.25) is 0 Å². The Hall–Kier alpha value is -1.84. The quantitative estimate of drug-likeness (QED) is 0.875. The Bertz CT molecular complexity index is 524. The summed E-state index contributed by atoms with van der Waals surface area (Å²) < 4.78 is 0. The van der Waals surface area contributed by atoms with Gasteiger partial charge in [0.25, 0.3) is 0 Å². The maximum absolute atomic E-state index is 12.6. The molecule has 1 N–H and O–H groups in total. The normalized spacial score (nSPS) is 22.6. The molecule has 1 aromatic rings. The van der Waals surface area contributed by atoms with E-state index in [0.29, 0.717) is 13.1 Å². The molecule has 2 unspecified atom stereocenters. The molecule has 4 nitrogen and oxygen atoms in total. The number of carboxylic acid groups (broad SMARTS) is 1. The minimum absolute atomic E-state index is 0.0224. The van der Waals surface area contributed by atoms with Gasteiger partial charge in [-0.3, -0.25) is 9.59 Å². The van der Waals surface area contributed by atoms with Gasteiger partial charge in [0.15, 0.2) is 0 Å². The van der Waals surface area contributed by atoms with Crippen molar-refractivity contribution in [3.05, 3.63) is 35.9 Å². The number of likely N-dealkylation sites (N-methyl/N-ethyl adjacent to an activating group) is 1. The third kappa shape index (κ3) is 3.09. The van der Waals surface area contributed by atoms with E-state index in [-0.39, 0.29) is 11.8 Å². The second-order valence-corrected chi connectivity index (χ2v) is 6.27. The minimum atomic E-state index is -0.863. The Morgan fingerprint density at radius 2 is 1.81 bits per heavy atom. The highest BCUT2D eigenvalue weighted by Gasteiger charge is 2.66. The van der Waals surface area contributed by atoms with Crippen molar-refractivity contribution in [3.63, 3.8) is 0 Å². The molecule has 0 spiro atoms. The van der Waals surface area contributed by atoms with Gasteiger partial charge in [-0.05, 0) is 24.3 Å². The summed E-state index contributed by atoms with van der Waals surface area (Å²) in [6.07, 6.45) is 0.797. The van der Waals surface area contributed by atoms with Gasteiger partial charge in [0.1, 0.15) is 0 Å². The number of carboxylic acids is 1. The summed E-state index contributed by atoms with van der Waals surface area (Å²) in [5.41, 5.74) is 0.761. The maximum atomic E-state index is 12.6. The first kappa shape index (κ1) is 15.5. The lowest BCUT2D eigenvalue weighted by molar-refractivity contribution is -0.142. The fraction of sp³-hybridized carbons (Fsp3) is 0.529. The van der Waals surface area contributed by atoms with E-state index in [1.54, 1.807) is 4.90 Å². The molecule has 1 saturated carbocycles. The monoisotopic (exact) mass is 289 g/mol. The molecule has 114 valence electrons. The van der Waals surface area contributed by atoms with Crippen molar-refractivity contribution in [1.29, 1.82) is 0 Å². The van der Waals surface area contributed by atoms with E-state index in [4.69, 9.17) is 0 Å². The van der Waals surface area contributed by atoms with E-state index in [1.807, 2.05) is 51.1 Å². The number of carbonyl (C=O) groups excluding carboxylic acids is 1. The largest absolute Gasteiger partial charge is 0.481 e. The van der Waals surface area contributed by atoms with Crippen LogP contribution in [0.4, 0.5) is 0 Å². The highest BCUT2D eigenvalue weighted by Crippen LogP contribution is 2.59. The molecule has 1 aliphatic rings. The van der Waals surface area contributed by atoms with Crippen LogP contribution in [-0.2, 0) is 16.0 Å². The van der Waals surface area contributed by atoms with Gasteiger partial charge in [-0.25, -0.2) is 0 Å². The topological polar surface area (TPSA) is 57.6 Å². The van der Waals surface area contributed by atoms with Crippen molar-refractivity contribution >= 4 is 11.9 Å². The molecule has 2 atom stereocenters. The van der Waals surface area contributed by atoms with E-state index in [9.17, 15) is 14.7 Å². The summed E-state index contributed by atoms with van der Waals surface area (Å²) in [6, 6.07) is 10.0. The van der Waals surface area contributed by atoms with E-state index in [0.717, 1.165) is 6.42 Å². The zero-order valence-corrected chi connectivity index (χ0v) is 12.9. The number of rotatable bonds is 6. The lowest BCUT2D eigenvalue weighted by atomic mass is 10.1. The molecular formula is C17H23NO3. The second-order valence-electron chi connectivity index (χ2n) is 6.27. The molecule has 0 aliphatic heterocycles. The molecule has 2 rings (SSSR count). The lowest BCUT2D eigenvalue weighted by Gasteiger charge is -2.21. The Labute approximate surface area is 125 Å². The summed E-state index contributed by atoms with van der Waals surface area (Å²) in [5.74, 6) is -1.82. The predicted octanol–water partition coefficient (Wildman–Crippen LogP) is 2.43. The van der Waals surface area contributed by atoms with Crippen LogP contribution in [0.5, 0.6) is 0 Å². The van der Waals surface area contributed by atoms with Crippen LogP contribution in [0, 0.1) is 17.3 Å². The SMILES string of the molecule is CCN(CCc1ccccc1)C(=O)C1C(C(=O)O)C1(C)C. The lowest BCUT2D eigenvalue weighted by Crippen LogP contribution is -2.35. The summed E-state index contributed by atoms with van der Waals surface area (Å²) in [6.45, 7) is 6.91. The molecule has 1 fully saturated rings. The molecule has 0 saturated heterocycles. The third-order valence-electron chi connectivity index (χ3n) is 4.57. The molecule has 0 heterocycles. The summed E-state index contributed by atoms with van der Waals surface area (Å²) in [7, 11) is 0. The fourth-order valence-electron chi connectivity index (χ4n) is 3.09. The molecule has 1 amide bonds. The predicted molar refractivity (Wildman–Crippen MR) is 80.8 cm³/mol. The van der Waals surface area contributed by atoms with Crippen molar-refractivity contribution in [3.8, 4) is 0 Å². The molecule has 21 heavy (non-hydrogen) atoms. The Morgan fingerprint density at radius 1 is 1.19 bits per heavy atom. The minimum Gasteiger partial charge on any atom is -0.481 e. The maximum Gasteiger partial charge on any atom is 0.307 e. The number of carbonyl (C=O) groups is 2. The molecule has 1 aliphatic carbocycles. The van der Waals surface area contributed by atoms with Gasteiger partial charge in [-0.15, -0.1) is 0 Å². The standard InChI is InChI=1S/C17H23NO3/c1-4-18(11-10-12-8-6-5-7-9-12)15(19)13-14(16(20)21)17(13,2)3/h5-9,13-14H,4,10-11H2,1-3H3,(H,20,21). The average Bonchev–Trinajstić information content (AvgIpc) is 3.03. The number of nitrogens with zero attached hydrogens (tertiary/aromatic N) is 1. The van der Waals surface area contributed by atoms with Gasteiger partial charge in [0.2, 0.25) is 5.91 Å². The zero-order chi connectivity index (χ0) is 15.6. The molecular weight excluding hydrogens is 266 g/mol. The smallest absolute Gasteiger partial charge is 0.307 e. The summed E-state index contributed by atoms with van der Waals surface area (Å²) >= 11 is 0. The van der Waals surface area contributed by atoms with E-state index in [2.05, 4.69) is 0 Å². The summed E-state index contributed by atoms with van der Waals surface area (Å²) in [5, 5.41) is 9.20. The van der Waals surface area contributed by atoms with Crippen LogP contribution < -0.4 is 0 Å². The van der Waals surface area contributed by atoms with E-state index >= 15 is 0 Å². The first-order valence-electron chi connectivity index (χ1n) is 7.45. The third-order valence-corrected chi connectivity index (χ3v) is 4.57. The highest BCUT2D eigenvalue weighted by molar-refractivity contribution is 5.91. The van der Waals surface area contributed by atoms with Crippen LogP contribution in [0.15, 0.2) is 30.3 Å². The number of hydrogen-bond acceptors (Lipinski definition) is 2. The number of aliphatic carboxylic acids is 1. The Kier molecular flexibility index (Phi) is 4.35. The van der Waals surface area contributed by atoms with E-state index in [1.165, 1.54) is 5.56 Å². The van der Waals surface area contributed by atoms with Crippen molar-refractivity contribution < 1.29 is 14.7 Å². The van der Waals surface area contributed by atoms with Crippen molar-refractivity contribution in [2.75, 3.05) is 13.1 Å². The van der Waals surface area contributed by atoms with E-state index < -0.39 is 17.3 Å². The average molecular weight is 289 g/mol. The second kappa shape index (κ2) is 5.88. The van der Waals surface area contributed by atoms with Crippen molar-refractivity contribution in [2.24, 2.45) is 17.3 Å². The van der Waals surface area contributed by atoms with Crippen LogP contribution in [-0.4, -0.2) is 35.0 Å².